The Bertz CT molecular complexity index is 602. The number of nitrogens with one attached hydrogen (secondary N) is 1. The van der Waals surface area contributed by atoms with Crippen molar-refractivity contribution >= 4 is 23.3 Å². The summed E-state index contributed by atoms with van der Waals surface area (Å²) in [5.74, 6) is 0.104. The third-order valence-electron chi connectivity index (χ3n) is 5.13. The molecule has 0 unspecified atom stereocenters. The summed E-state index contributed by atoms with van der Waals surface area (Å²) in [6.45, 7) is 8.26. The Morgan fingerprint density at radius 1 is 0.962 bits per heavy atom. The topological polar surface area (TPSA) is 55.9 Å². The first-order valence-corrected chi connectivity index (χ1v) is 10.6. The lowest BCUT2D eigenvalue weighted by molar-refractivity contribution is 0.0670. The Hall–Kier alpha value is -1.60. The number of carbonyl (C=O) groups excluding carboxylic acids is 2. The van der Waals surface area contributed by atoms with E-state index in [9.17, 15) is 9.59 Å². The lowest BCUT2D eigenvalue weighted by Crippen LogP contribution is -2.53. The predicted molar refractivity (Wildman–Crippen MR) is 105 cm³/mol. The molecule has 1 N–H and O–H groups in total. The van der Waals surface area contributed by atoms with Crippen molar-refractivity contribution in [3.63, 3.8) is 0 Å². The van der Waals surface area contributed by atoms with Crippen LogP contribution in [0.25, 0.3) is 0 Å². The van der Waals surface area contributed by atoms with E-state index in [4.69, 9.17) is 0 Å². The second-order valence-corrected chi connectivity index (χ2v) is 8.24. The first kappa shape index (κ1) is 19.2. The number of hydrogen-bond donors (Lipinski definition) is 1. The van der Waals surface area contributed by atoms with Gasteiger partial charge in [-0.1, -0.05) is 12.8 Å². The molecule has 2 aliphatic rings. The number of amides is 3. The van der Waals surface area contributed by atoms with Gasteiger partial charge in [-0.3, -0.25) is 9.69 Å². The molecule has 0 atom stereocenters. The standard InChI is InChI=1S/C19H30N4O2S/c1-2-20-19(25)23-13-11-22(12-14-23)18(24)17-8-7-16(26-17)15-21-9-5-3-4-6-10-21/h7-8H,2-6,9-15H2,1H3,(H,20,25). The molecule has 0 spiro atoms. The first-order valence-electron chi connectivity index (χ1n) is 9.80. The Balaban J connectivity index is 1.51. The minimum Gasteiger partial charge on any atom is -0.338 e. The number of thiophene rings is 1. The minimum atomic E-state index is -0.0320. The highest BCUT2D eigenvalue weighted by Gasteiger charge is 2.25. The molecule has 0 aromatic carbocycles. The summed E-state index contributed by atoms with van der Waals surface area (Å²) < 4.78 is 0. The fourth-order valence-corrected chi connectivity index (χ4v) is 4.64. The molecule has 0 bridgehead atoms. The number of rotatable bonds is 4. The van der Waals surface area contributed by atoms with Gasteiger partial charge in [0.2, 0.25) is 0 Å². The van der Waals surface area contributed by atoms with Crippen LogP contribution >= 0.6 is 11.3 Å². The van der Waals surface area contributed by atoms with Gasteiger partial charge < -0.3 is 15.1 Å². The van der Waals surface area contributed by atoms with E-state index in [2.05, 4.69) is 16.3 Å². The molecule has 3 heterocycles. The number of hydrogen-bond acceptors (Lipinski definition) is 4. The zero-order valence-corrected chi connectivity index (χ0v) is 16.5. The minimum absolute atomic E-state index is 0.0320. The molecule has 0 aliphatic carbocycles. The maximum atomic E-state index is 12.8. The highest BCUT2D eigenvalue weighted by molar-refractivity contribution is 7.14. The van der Waals surface area contributed by atoms with Crippen LogP contribution in [0.4, 0.5) is 4.79 Å². The normalized spacial score (nSPS) is 19.3. The van der Waals surface area contributed by atoms with E-state index in [1.54, 1.807) is 16.2 Å². The molecular formula is C19H30N4O2S. The van der Waals surface area contributed by atoms with Crippen LogP contribution in [0.3, 0.4) is 0 Å². The molecule has 2 saturated heterocycles. The number of likely N-dealkylation sites (tertiary alicyclic amines) is 1. The average Bonchev–Trinajstić information content (AvgIpc) is 2.97. The van der Waals surface area contributed by atoms with Gasteiger partial charge in [0.05, 0.1) is 4.88 Å². The highest BCUT2D eigenvalue weighted by atomic mass is 32.1. The molecule has 0 radical (unpaired) electrons. The fraction of sp³-hybridized carbons (Fsp3) is 0.684. The van der Waals surface area contributed by atoms with Crippen LogP contribution < -0.4 is 5.32 Å². The number of carbonyl (C=O) groups is 2. The molecule has 0 saturated carbocycles. The van der Waals surface area contributed by atoms with Crippen LogP contribution in [0.5, 0.6) is 0 Å². The zero-order chi connectivity index (χ0) is 18.4. The molecule has 1 aromatic rings. The highest BCUT2D eigenvalue weighted by Crippen LogP contribution is 2.22. The van der Waals surface area contributed by atoms with Gasteiger partial charge >= 0.3 is 6.03 Å². The molecule has 6 nitrogen and oxygen atoms in total. The average molecular weight is 379 g/mol. The van der Waals surface area contributed by atoms with Gasteiger partial charge in [0.1, 0.15) is 0 Å². The second kappa shape index (κ2) is 9.37. The van der Waals surface area contributed by atoms with Crippen LogP contribution in [-0.2, 0) is 6.54 Å². The predicted octanol–water partition coefficient (Wildman–Crippen LogP) is 2.61. The Kier molecular flexibility index (Phi) is 6.91. The lowest BCUT2D eigenvalue weighted by Gasteiger charge is -2.34. The van der Waals surface area contributed by atoms with Crippen molar-refractivity contribution in [3.05, 3.63) is 21.9 Å². The molecule has 3 rings (SSSR count). The van der Waals surface area contributed by atoms with E-state index < -0.39 is 0 Å². The van der Waals surface area contributed by atoms with Crippen molar-refractivity contribution in [2.24, 2.45) is 0 Å². The number of nitrogens with zero attached hydrogens (tertiary/aromatic N) is 3. The quantitative estimate of drug-likeness (QED) is 0.876. The lowest BCUT2D eigenvalue weighted by atomic mass is 10.2. The van der Waals surface area contributed by atoms with Crippen molar-refractivity contribution in [1.82, 2.24) is 20.0 Å². The van der Waals surface area contributed by atoms with E-state index in [1.807, 2.05) is 17.9 Å². The fourth-order valence-electron chi connectivity index (χ4n) is 3.62. The monoisotopic (exact) mass is 378 g/mol. The third-order valence-corrected chi connectivity index (χ3v) is 6.19. The van der Waals surface area contributed by atoms with Crippen molar-refractivity contribution in [2.75, 3.05) is 45.8 Å². The van der Waals surface area contributed by atoms with Crippen molar-refractivity contribution in [3.8, 4) is 0 Å². The third kappa shape index (κ3) is 4.98. The largest absolute Gasteiger partial charge is 0.338 e. The molecule has 1 aromatic heterocycles. The van der Waals surface area contributed by atoms with Crippen molar-refractivity contribution < 1.29 is 9.59 Å². The molecule has 26 heavy (non-hydrogen) atoms. The van der Waals surface area contributed by atoms with Gasteiger partial charge in [-0.05, 0) is 45.0 Å². The van der Waals surface area contributed by atoms with E-state index in [0.29, 0.717) is 32.7 Å². The first-order chi connectivity index (χ1) is 12.7. The summed E-state index contributed by atoms with van der Waals surface area (Å²) in [7, 11) is 0. The van der Waals surface area contributed by atoms with Gasteiger partial charge in [-0.2, -0.15) is 0 Å². The molecule has 2 aliphatic heterocycles. The molecule has 2 fully saturated rings. The van der Waals surface area contributed by atoms with Crippen molar-refractivity contribution in [1.29, 1.82) is 0 Å². The van der Waals surface area contributed by atoms with Gasteiger partial charge in [0.15, 0.2) is 0 Å². The number of piperazine rings is 1. The molecule has 144 valence electrons. The van der Waals surface area contributed by atoms with Crippen LogP contribution in [0.15, 0.2) is 12.1 Å². The summed E-state index contributed by atoms with van der Waals surface area (Å²) in [4.78, 5) is 32.9. The SMILES string of the molecule is CCNC(=O)N1CCN(C(=O)c2ccc(CN3CCCCCC3)s2)CC1. The van der Waals surface area contributed by atoms with Crippen LogP contribution in [0.1, 0.15) is 47.2 Å². The van der Waals surface area contributed by atoms with Crippen LogP contribution in [-0.4, -0.2) is 72.5 Å². The summed E-state index contributed by atoms with van der Waals surface area (Å²) in [5, 5.41) is 2.82. The van der Waals surface area contributed by atoms with E-state index in [-0.39, 0.29) is 11.9 Å². The molecule has 3 amide bonds. The Morgan fingerprint density at radius 2 is 1.62 bits per heavy atom. The second-order valence-electron chi connectivity index (χ2n) is 7.07. The molecule has 7 heteroatoms. The summed E-state index contributed by atoms with van der Waals surface area (Å²) in [6, 6.07) is 4.04. The van der Waals surface area contributed by atoms with Gasteiger partial charge in [0.25, 0.3) is 5.91 Å². The van der Waals surface area contributed by atoms with E-state index in [1.165, 1.54) is 43.6 Å². The maximum absolute atomic E-state index is 12.8. The Morgan fingerprint density at radius 3 is 2.27 bits per heavy atom. The zero-order valence-electron chi connectivity index (χ0n) is 15.7. The van der Waals surface area contributed by atoms with Crippen LogP contribution in [0.2, 0.25) is 0 Å². The smallest absolute Gasteiger partial charge is 0.317 e. The summed E-state index contributed by atoms with van der Waals surface area (Å²) in [6.07, 6.45) is 5.25. The summed E-state index contributed by atoms with van der Waals surface area (Å²) in [5.41, 5.74) is 0. The maximum Gasteiger partial charge on any atom is 0.317 e. The van der Waals surface area contributed by atoms with Crippen molar-refractivity contribution in [2.45, 2.75) is 39.2 Å². The van der Waals surface area contributed by atoms with Gasteiger partial charge in [-0.15, -0.1) is 11.3 Å². The van der Waals surface area contributed by atoms with Gasteiger partial charge in [0, 0.05) is 44.1 Å². The van der Waals surface area contributed by atoms with Crippen LogP contribution in [0, 0.1) is 0 Å². The van der Waals surface area contributed by atoms with Gasteiger partial charge in [-0.25, -0.2) is 4.79 Å². The number of urea groups is 1. The summed E-state index contributed by atoms with van der Waals surface area (Å²) >= 11 is 1.62. The van der Waals surface area contributed by atoms with E-state index >= 15 is 0 Å². The van der Waals surface area contributed by atoms with E-state index in [0.717, 1.165) is 11.4 Å². The Labute approximate surface area is 160 Å². The molecular weight excluding hydrogens is 348 g/mol.